The molecule has 0 unspecified atom stereocenters. The Morgan fingerprint density at radius 3 is 2.57 bits per heavy atom. The summed E-state index contributed by atoms with van der Waals surface area (Å²) in [5.74, 6) is -1.42. The number of nitrogens with zero attached hydrogens (tertiary/aromatic N) is 2. The van der Waals surface area contributed by atoms with E-state index in [9.17, 15) is 18.0 Å². The lowest BCUT2D eigenvalue weighted by atomic mass is 10.3. The number of hydrogen-bond acceptors (Lipinski definition) is 5. The zero-order valence-corrected chi connectivity index (χ0v) is 14.5. The first-order valence-electron chi connectivity index (χ1n) is 7.46. The molecule has 2 heterocycles. The molecule has 1 aromatic heterocycles. The minimum absolute atomic E-state index is 0.0307. The van der Waals surface area contributed by atoms with Gasteiger partial charge in [0.1, 0.15) is 9.77 Å². The molecule has 1 fully saturated rings. The summed E-state index contributed by atoms with van der Waals surface area (Å²) in [5, 5.41) is 10.3. The van der Waals surface area contributed by atoms with E-state index in [1.54, 1.807) is 12.3 Å². The summed E-state index contributed by atoms with van der Waals surface area (Å²) in [6.45, 7) is 3.08. The number of carboxylic acid groups (broad SMARTS) is 1. The Morgan fingerprint density at radius 1 is 1.35 bits per heavy atom. The van der Waals surface area contributed by atoms with Crippen molar-refractivity contribution in [2.45, 2.75) is 31.1 Å². The third-order valence-corrected chi connectivity index (χ3v) is 6.74. The lowest BCUT2D eigenvalue weighted by Gasteiger charge is -2.21. The van der Waals surface area contributed by atoms with Crippen molar-refractivity contribution in [2.24, 2.45) is 0 Å². The molecule has 9 heteroatoms. The van der Waals surface area contributed by atoms with Crippen LogP contribution in [0.25, 0.3) is 0 Å². The first kappa shape index (κ1) is 17.9. The van der Waals surface area contributed by atoms with E-state index in [0.717, 1.165) is 24.2 Å². The highest BCUT2D eigenvalue weighted by atomic mass is 32.2. The van der Waals surface area contributed by atoms with Gasteiger partial charge >= 0.3 is 5.97 Å². The maximum Gasteiger partial charge on any atom is 0.305 e. The molecular weight excluding hydrogens is 340 g/mol. The van der Waals surface area contributed by atoms with E-state index in [2.05, 4.69) is 0 Å². The molecule has 1 N–H and O–H groups in total. The number of amides is 1. The molecule has 0 saturated carbocycles. The molecule has 7 nitrogen and oxygen atoms in total. The van der Waals surface area contributed by atoms with Crippen molar-refractivity contribution in [3.05, 3.63) is 16.3 Å². The van der Waals surface area contributed by atoms with Gasteiger partial charge in [0.15, 0.2) is 0 Å². The zero-order valence-electron chi connectivity index (χ0n) is 12.9. The largest absolute Gasteiger partial charge is 0.481 e. The topological polar surface area (TPSA) is 95.0 Å². The van der Waals surface area contributed by atoms with Crippen molar-refractivity contribution in [3.8, 4) is 0 Å². The van der Waals surface area contributed by atoms with Crippen molar-refractivity contribution in [3.63, 3.8) is 0 Å². The maximum absolute atomic E-state index is 12.7. The van der Waals surface area contributed by atoms with Crippen LogP contribution in [0.4, 0.5) is 0 Å². The molecule has 0 aliphatic carbocycles. The standard InChI is InChI=1S/C14H20N2O5S2/c1-2-15(9-5-12(17)18)14(19)13-11(6-10-22-13)23(20,21)16-7-3-4-8-16/h6,10H,2-5,7-9H2,1H3,(H,17,18). The Labute approximate surface area is 139 Å². The Bertz CT molecular complexity index is 677. The van der Waals surface area contributed by atoms with Gasteiger partial charge in [-0.05, 0) is 31.2 Å². The van der Waals surface area contributed by atoms with E-state index in [1.165, 1.54) is 15.3 Å². The molecule has 1 amide bonds. The summed E-state index contributed by atoms with van der Waals surface area (Å²) in [4.78, 5) is 24.8. The van der Waals surface area contributed by atoms with Gasteiger partial charge in [0.2, 0.25) is 10.0 Å². The number of hydrogen-bond donors (Lipinski definition) is 1. The Balaban J connectivity index is 2.25. The van der Waals surface area contributed by atoms with Crippen LogP contribution in [0.5, 0.6) is 0 Å². The van der Waals surface area contributed by atoms with Crippen LogP contribution in [0.3, 0.4) is 0 Å². The third-order valence-electron chi connectivity index (χ3n) is 3.77. The average Bonchev–Trinajstić information content (AvgIpc) is 3.19. The molecule has 0 aromatic carbocycles. The fourth-order valence-electron chi connectivity index (χ4n) is 2.50. The molecule has 1 aliphatic heterocycles. The molecule has 1 aliphatic rings. The molecular formula is C14H20N2O5S2. The summed E-state index contributed by atoms with van der Waals surface area (Å²) >= 11 is 1.08. The van der Waals surface area contributed by atoms with Crippen LogP contribution in [-0.4, -0.2) is 60.8 Å². The van der Waals surface area contributed by atoms with Crippen molar-refractivity contribution in [2.75, 3.05) is 26.2 Å². The third kappa shape index (κ3) is 3.91. The van der Waals surface area contributed by atoms with Gasteiger partial charge in [-0.15, -0.1) is 11.3 Å². The Kier molecular flexibility index (Phi) is 5.77. The molecule has 128 valence electrons. The zero-order chi connectivity index (χ0) is 17.0. The summed E-state index contributed by atoms with van der Waals surface area (Å²) in [6, 6.07) is 1.45. The maximum atomic E-state index is 12.7. The quantitative estimate of drug-likeness (QED) is 0.794. The fourth-order valence-corrected chi connectivity index (χ4v) is 5.38. The van der Waals surface area contributed by atoms with Gasteiger partial charge in [-0.1, -0.05) is 0 Å². The Morgan fingerprint density at radius 2 is 2.00 bits per heavy atom. The van der Waals surface area contributed by atoms with Crippen LogP contribution in [0.1, 0.15) is 35.9 Å². The van der Waals surface area contributed by atoms with Gasteiger partial charge in [0.25, 0.3) is 5.91 Å². The summed E-state index contributed by atoms with van der Waals surface area (Å²) < 4.78 is 26.7. The second-order valence-electron chi connectivity index (χ2n) is 5.25. The Hall–Kier alpha value is -1.45. The number of rotatable bonds is 7. The van der Waals surface area contributed by atoms with Crippen molar-refractivity contribution < 1.29 is 23.1 Å². The van der Waals surface area contributed by atoms with Gasteiger partial charge < -0.3 is 10.0 Å². The van der Waals surface area contributed by atoms with E-state index in [1.807, 2.05) is 0 Å². The monoisotopic (exact) mass is 360 g/mol. The van der Waals surface area contributed by atoms with Gasteiger partial charge in [-0.3, -0.25) is 9.59 Å². The van der Waals surface area contributed by atoms with Gasteiger partial charge in [0.05, 0.1) is 6.42 Å². The van der Waals surface area contributed by atoms with Crippen molar-refractivity contribution in [1.29, 1.82) is 0 Å². The molecule has 1 aromatic rings. The molecule has 1 saturated heterocycles. The number of sulfonamides is 1. The van der Waals surface area contributed by atoms with Gasteiger partial charge in [-0.2, -0.15) is 4.31 Å². The van der Waals surface area contributed by atoms with Crippen LogP contribution < -0.4 is 0 Å². The normalized spacial score (nSPS) is 15.7. The lowest BCUT2D eigenvalue weighted by Crippen LogP contribution is -2.34. The van der Waals surface area contributed by atoms with Crippen molar-refractivity contribution >= 4 is 33.2 Å². The fraction of sp³-hybridized carbons (Fsp3) is 0.571. The number of carbonyl (C=O) groups excluding carboxylic acids is 1. The van der Waals surface area contributed by atoms with E-state index >= 15 is 0 Å². The average molecular weight is 360 g/mol. The van der Waals surface area contributed by atoms with Gasteiger partial charge in [-0.25, -0.2) is 8.42 Å². The highest BCUT2D eigenvalue weighted by Gasteiger charge is 2.32. The highest BCUT2D eigenvalue weighted by molar-refractivity contribution is 7.89. The van der Waals surface area contributed by atoms with E-state index in [0.29, 0.717) is 19.6 Å². The van der Waals surface area contributed by atoms with E-state index in [4.69, 9.17) is 5.11 Å². The molecule has 23 heavy (non-hydrogen) atoms. The first-order valence-corrected chi connectivity index (χ1v) is 9.78. The summed E-state index contributed by atoms with van der Waals surface area (Å²) in [5.41, 5.74) is 0. The lowest BCUT2D eigenvalue weighted by molar-refractivity contribution is -0.137. The highest BCUT2D eigenvalue weighted by Crippen LogP contribution is 2.28. The molecule has 0 bridgehead atoms. The number of aliphatic carboxylic acids is 1. The van der Waals surface area contributed by atoms with Crippen LogP contribution in [-0.2, 0) is 14.8 Å². The number of carbonyl (C=O) groups is 2. The minimum Gasteiger partial charge on any atom is -0.481 e. The summed E-state index contributed by atoms with van der Waals surface area (Å²) in [6.07, 6.45) is 1.48. The molecule has 2 rings (SSSR count). The van der Waals surface area contributed by atoms with Gasteiger partial charge in [0, 0.05) is 26.2 Å². The smallest absolute Gasteiger partial charge is 0.305 e. The second kappa shape index (κ2) is 7.41. The minimum atomic E-state index is -3.66. The molecule has 0 atom stereocenters. The van der Waals surface area contributed by atoms with Crippen LogP contribution in [0.2, 0.25) is 0 Å². The van der Waals surface area contributed by atoms with Crippen LogP contribution in [0, 0.1) is 0 Å². The number of thiophene rings is 1. The SMILES string of the molecule is CCN(CCC(=O)O)C(=O)c1sccc1S(=O)(=O)N1CCCC1. The van der Waals surface area contributed by atoms with Crippen LogP contribution in [0.15, 0.2) is 16.3 Å². The predicted molar refractivity (Wildman–Crippen MR) is 86.1 cm³/mol. The number of carboxylic acids is 1. The predicted octanol–water partition coefficient (Wildman–Crippen LogP) is 1.47. The van der Waals surface area contributed by atoms with Crippen LogP contribution >= 0.6 is 11.3 Å². The molecule has 0 spiro atoms. The van der Waals surface area contributed by atoms with Crippen molar-refractivity contribution in [1.82, 2.24) is 9.21 Å². The first-order chi connectivity index (χ1) is 10.9. The second-order valence-corrected chi connectivity index (χ2v) is 8.08. The summed E-state index contributed by atoms with van der Waals surface area (Å²) in [7, 11) is -3.66. The molecule has 0 radical (unpaired) electrons. The van der Waals surface area contributed by atoms with E-state index in [-0.39, 0.29) is 22.7 Å². The van der Waals surface area contributed by atoms with E-state index < -0.39 is 21.9 Å².